The number of carbonyl (C=O) groups excluding carboxylic acids is 4. The lowest BCUT2D eigenvalue weighted by Gasteiger charge is -2.22. The summed E-state index contributed by atoms with van der Waals surface area (Å²) >= 11 is 4.07. The summed E-state index contributed by atoms with van der Waals surface area (Å²) in [7, 11) is 0. The van der Waals surface area contributed by atoms with Crippen molar-refractivity contribution in [2.45, 2.75) is 65.0 Å². The molecule has 1 aliphatic heterocycles. The minimum absolute atomic E-state index is 0.144. The smallest absolute Gasteiger partial charge is 0.273 e. The number of nitrogens with one attached hydrogen (secondary N) is 3. The zero-order valence-corrected chi connectivity index (χ0v) is 29.1. The molecule has 3 N–H and O–H groups in total. The maximum Gasteiger partial charge on any atom is 0.273 e. The van der Waals surface area contributed by atoms with E-state index in [1.165, 1.54) is 34.0 Å². The van der Waals surface area contributed by atoms with Crippen LogP contribution in [0.5, 0.6) is 0 Å². The molecule has 0 unspecified atom stereocenters. The van der Waals surface area contributed by atoms with Gasteiger partial charge in [-0.1, -0.05) is 44.2 Å². The molecule has 0 fully saturated rings. The number of carbonyl (C=O) groups is 4. The molecule has 47 heavy (non-hydrogen) atoms. The van der Waals surface area contributed by atoms with Gasteiger partial charge in [0, 0.05) is 42.2 Å². The molecule has 5 rings (SSSR count). The minimum atomic E-state index is -0.490. The summed E-state index contributed by atoms with van der Waals surface area (Å²) in [5.41, 5.74) is 1.92. The van der Waals surface area contributed by atoms with Crippen LogP contribution >= 0.6 is 34.0 Å². The maximum atomic E-state index is 13.5. The van der Waals surface area contributed by atoms with Gasteiger partial charge in [0.1, 0.15) is 27.1 Å². The molecule has 1 aliphatic rings. The Balaban J connectivity index is 1.41. The number of fused-ring (bicyclic) bond motifs is 4. The van der Waals surface area contributed by atoms with Crippen LogP contribution in [-0.4, -0.2) is 63.1 Å². The first-order chi connectivity index (χ1) is 22.7. The van der Waals surface area contributed by atoms with Crippen LogP contribution in [0.1, 0.15) is 104 Å². The first kappa shape index (κ1) is 34.3. The summed E-state index contributed by atoms with van der Waals surface area (Å²) < 4.78 is 0. The van der Waals surface area contributed by atoms with Gasteiger partial charge in [0.05, 0.1) is 17.1 Å². The average molecular weight is 694 g/mol. The molecule has 11 nitrogen and oxygen atoms in total. The highest BCUT2D eigenvalue weighted by molar-refractivity contribution is 7.10. The quantitative estimate of drug-likeness (QED) is 0.256. The molecule has 3 aromatic heterocycles. The Bertz CT molecular complexity index is 1680. The monoisotopic (exact) mass is 693 g/mol. The molecule has 0 radical (unpaired) electrons. The van der Waals surface area contributed by atoms with Crippen molar-refractivity contribution in [2.24, 2.45) is 5.92 Å². The van der Waals surface area contributed by atoms with Gasteiger partial charge in [0.25, 0.3) is 17.7 Å². The molecule has 0 saturated carbocycles. The van der Waals surface area contributed by atoms with Crippen LogP contribution in [0.15, 0.2) is 46.5 Å². The van der Waals surface area contributed by atoms with Gasteiger partial charge in [-0.05, 0) is 44.1 Å². The van der Waals surface area contributed by atoms with Crippen LogP contribution in [0.2, 0.25) is 0 Å². The Morgan fingerprint density at radius 3 is 2.23 bits per heavy atom. The SMILES string of the molecule is Cc1nc(C(=O)N2CCCNC(=O)c3csc(n3)[C@H](Cc3ccccc3)NC(=O)c3csc(n3)[C@H](CC(C)C)NC(=O)CCC2)cs1. The van der Waals surface area contributed by atoms with Crippen molar-refractivity contribution in [3.05, 3.63) is 84.1 Å². The fourth-order valence-corrected chi connectivity index (χ4v) is 7.58. The summed E-state index contributed by atoms with van der Waals surface area (Å²) in [6, 6.07) is 8.94. The number of benzene rings is 1. The highest BCUT2D eigenvalue weighted by atomic mass is 32.1. The van der Waals surface area contributed by atoms with Crippen molar-refractivity contribution in [2.75, 3.05) is 19.6 Å². The van der Waals surface area contributed by atoms with Crippen LogP contribution in [0.3, 0.4) is 0 Å². The lowest BCUT2D eigenvalue weighted by Crippen LogP contribution is -2.36. The first-order valence-electron chi connectivity index (χ1n) is 15.7. The molecule has 0 aliphatic carbocycles. The number of aromatic nitrogens is 3. The number of amides is 4. The molecular weight excluding hydrogens is 655 g/mol. The van der Waals surface area contributed by atoms with Crippen molar-refractivity contribution < 1.29 is 19.2 Å². The maximum absolute atomic E-state index is 13.5. The van der Waals surface area contributed by atoms with Crippen molar-refractivity contribution in [1.82, 2.24) is 35.8 Å². The molecular formula is C33H39N7O4S3. The molecule has 4 heterocycles. The van der Waals surface area contributed by atoms with E-state index < -0.39 is 6.04 Å². The molecule has 1 aromatic carbocycles. The molecule has 0 spiro atoms. The zero-order valence-electron chi connectivity index (χ0n) is 26.7. The normalized spacial score (nSPS) is 18.6. The highest BCUT2D eigenvalue weighted by Gasteiger charge is 2.26. The molecule has 4 amide bonds. The fraction of sp³-hybridized carbons (Fsp3) is 0.424. The highest BCUT2D eigenvalue weighted by Crippen LogP contribution is 2.27. The summed E-state index contributed by atoms with van der Waals surface area (Å²) in [6.45, 7) is 7.10. The Hall–Kier alpha value is -4.01. The number of thiazole rings is 3. The number of rotatable bonds is 5. The van der Waals surface area contributed by atoms with E-state index in [-0.39, 0.29) is 53.4 Å². The number of hydrogen-bond donors (Lipinski definition) is 3. The summed E-state index contributed by atoms with van der Waals surface area (Å²) in [5.74, 6) is -0.743. The van der Waals surface area contributed by atoms with Gasteiger partial charge in [-0.3, -0.25) is 19.2 Å². The van der Waals surface area contributed by atoms with Gasteiger partial charge in [-0.2, -0.15) is 0 Å². The average Bonchev–Trinajstić information content (AvgIpc) is 3.82. The molecule has 4 bridgehead atoms. The molecule has 248 valence electrons. The van der Waals surface area contributed by atoms with Gasteiger partial charge in [-0.25, -0.2) is 15.0 Å². The van der Waals surface area contributed by atoms with Gasteiger partial charge >= 0.3 is 0 Å². The van der Waals surface area contributed by atoms with E-state index in [0.29, 0.717) is 61.0 Å². The van der Waals surface area contributed by atoms with E-state index in [0.717, 1.165) is 10.6 Å². The molecule has 2 atom stereocenters. The lowest BCUT2D eigenvalue weighted by molar-refractivity contribution is -0.122. The van der Waals surface area contributed by atoms with E-state index >= 15 is 0 Å². The van der Waals surface area contributed by atoms with Crippen LogP contribution in [0.4, 0.5) is 0 Å². The number of hydrogen-bond acceptors (Lipinski definition) is 10. The number of nitrogens with zero attached hydrogens (tertiary/aromatic N) is 4. The largest absolute Gasteiger partial charge is 0.351 e. The summed E-state index contributed by atoms with van der Waals surface area (Å²) in [6.07, 6.45) is 2.33. The van der Waals surface area contributed by atoms with E-state index in [2.05, 4.69) is 44.7 Å². The van der Waals surface area contributed by atoms with E-state index in [4.69, 9.17) is 0 Å². The first-order valence-corrected chi connectivity index (χ1v) is 18.3. The Morgan fingerprint density at radius 2 is 1.55 bits per heavy atom. The fourth-order valence-electron chi connectivity index (χ4n) is 5.28. The second-order valence-electron chi connectivity index (χ2n) is 11.9. The van der Waals surface area contributed by atoms with Gasteiger partial charge < -0.3 is 20.9 Å². The predicted molar refractivity (Wildman–Crippen MR) is 184 cm³/mol. The van der Waals surface area contributed by atoms with Gasteiger partial charge in [0.2, 0.25) is 5.91 Å². The van der Waals surface area contributed by atoms with Crippen LogP contribution < -0.4 is 16.0 Å². The summed E-state index contributed by atoms with van der Waals surface area (Å²) in [5, 5.41) is 16.3. The molecule has 14 heteroatoms. The van der Waals surface area contributed by atoms with Crippen LogP contribution in [0, 0.1) is 12.8 Å². The molecule has 4 aromatic rings. The van der Waals surface area contributed by atoms with Crippen molar-refractivity contribution in [3.8, 4) is 0 Å². The third-order valence-corrected chi connectivity index (χ3v) is 10.3. The second kappa shape index (κ2) is 16.2. The van der Waals surface area contributed by atoms with E-state index in [1.807, 2.05) is 37.3 Å². The standard InChI is InChI=1S/C33H39N7O4S3/c1-20(2)15-23-31-39-26(18-47-31)30(43)37-24(16-22-9-5-4-6-10-22)32-38-25(17-46-32)29(42)34-12-8-14-40(13-7-11-28(41)36-23)33(44)27-19-45-21(3)35-27/h4-6,9-10,17-20,23-24H,7-8,11-16H2,1-3H3,(H,34,42)(H,36,41)(H,37,43)/t23-,24-/m0/s1. The zero-order chi connectivity index (χ0) is 33.3. The van der Waals surface area contributed by atoms with Gasteiger partial charge in [0.15, 0.2) is 0 Å². The third-order valence-electron chi connectivity index (χ3n) is 7.58. The number of aryl methyl sites for hydroxylation is 1. The predicted octanol–water partition coefficient (Wildman–Crippen LogP) is 5.34. The third kappa shape index (κ3) is 9.52. The molecule has 0 saturated heterocycles. The summed E-state index contributed by atoms with van der Waals surface area (Å²) in [4.78, 5) is 68.4. The Morgan fingerprint density at radius 1 is 0.872 bits per heavy atom. The van der Waals surface area contributed by atoms with Crippen molar-refractivity contribution >= 4 is 57.6 Å². The van der Waals surface area contributed by atoms with Crippen LogP contribution in [0.25, 0.3) is 0 Å². The van der Waals surface area contributed by atoms with Crippen molar-refractivity contribution in [1.29, 1.82) is 0 Å². The van der Waals surface area contributed by atoms with Crippen LogP contribution in [-0.2, 0) is 11.2 Å². The van der Waals surface area contributed by atoms with Gasteiger partial charge in [-0.15, -0.1) is 34.0 Å². The second-order valence-corrected chi connectivity index (χ2v) is 14.7. The van der Waals surface area contributed by atoms with E-state index in [9.17, 15) is 19.2 Å². The van der Waals surface area contributed by atoms with Crippen molar-refractivity contribution in [3.63, 3.8) is 0 Å². The Labute approximate surface area is 286 Å². The lowest BCUT2D eigenvalue weighted by atomic mass is 10.0. The Kier molecular flexibility index (Phi) is 11.8. The topological polar surface area (TPSA) is 146 Å². The minimum Gasteiger partial charge on any atom is -0.351 e. The van der Waals surface area contributed by atoms with E-state index in [1.54, 1.807) is 21.0 Å².